The molecule has 2 aliphatic rings. The maximum atomic E-state index is 5.71. The maximum absolute atomic E-state index is 5.71. The van der Waals surface area contributed by atoms with Crippen molar-refractivity contribution in [3.05, 3.63) is 59.7 Å². The number of ether oxygens (including phenoxy) is 1. The Kier molecular flexibility index (Phi) is 5.35. The molecule has 2 aliphatic heterocycles. The highest BCUT2D eigenvalue weighted by Crippen LogP contribution is 2.25. The van der Waals surface area contributed by atoms with Crippen molar-refractivity contribution >= 4 is 0 Å². The van der Waals surface area contributed by atoms with E-state index in [0.29, 0.717) is 0 Å². The van der Waals surface area contributed by atoms with Gasteiger partial charge in [-0.05, 0) is 24.5 Å². The Balaban J connectivity index is 1.29. The van der Waals surface area contributed by atoms with Crippen molar-refractivity contribution in [3.8, 4) is 0 Å². The summed E-state index contributed by atoms with van der Waals surface area (Å²) in [5.41, 5.74) is 2.50. The third-order valence-electron chi connectivity index (χ3n) is 5.05. The van der Waals surface area contributed by atoms with E-state index >= 15 is 0 Å². The van der Waals surface area contributed by atoms with Gasteiger partial charge in [-0.1, -0.05) is 30.3 Å². The first-order chi connectivity index (χ1) is 12.4. The minimum atomic E-state index is 0.0997. The molecule has 0 bridgehead atoms. The van der Waals surface area contributed by atoms with Crippen LogP contribution < -0.4 is 0 Å². The summed E-state index contributed by atoms with van der Waals surface area (Å²) in [6.07, 6.45) is 4.14. The van der Waals surface area contributed by atoms with Crippen LogP contribution in [-0.2, 0) is 17.8 Å². The highest BCUT2D eigenvalue weighted by Gasteiger charge is 2.22. The van der Waals surface area contributed by atoms with Gasteiger partial charge in [0, 0.05) is 52.1 Å². The Morgan fingerprint density at radius 3 is 2.44 bits per heavy atom. The molecule has 2 fully saturated rings. The molecule has 4 rings (SSSR count). The van der Waals surface area contributed by atoms with Crippen LogP contribution in [0.25, 0.3) is 0 Å². The number of piperazine rings is 1. The number of rotatable bonds is 5. The summed E-state index contributed by atoms with van der Waals surface area (Å²) in [6, 6.07) is 12.8. The quantitative estimate of drug-likeness (QED) is 0.838. The Hall–Kier alpha value is -1.82. The molecule has 3 heterocycles. The number of aromatic nitrogens is 2. The standard InChI is InChI=1S/C20H26N4O/c1-2-5-17(6-3-1)15-23-10-12-24(13-11-23)16-18-8-9-21-20(22-18)19-7-4-14-25-19/h1-3,5-6,8-9,19H,4,7,10-16H2/t19-/m0/s1. The molecule has 1 aromatic carbocycles. The fourth-order valence-corrected chi connectivity index (χ4v) is 3.61. The number of benzene rings is 1. The minimum absolute atomic E-state index is 0.0997. The summed E-state index contributed by atoms with van der Waals surface area (Å²) in [5.74, 6) is 0.859. The number of nitrogens with zero attached hydrogens (tertiary/aromatic N) is 4. The molecule has 5 nitrogen and oxygen atoms in total. The van der Waals surface area contributed by atoms with Gasteiger partial charge in [-0.3, -0.25) is 9.80 Å². The van der Waals surface area contributed by atoms with E-state index in [9.17, 15) is 0 Å². The lowest BCUT2D eigenvalue weighted by atomic mass is 10.2. The smallest absolute Gasteiger partial charge is 0.157 e. The molecule has 5 heteroatoms. The van der Waals surface area contributed by atoms with Crippen LogP contribution in [0.2, 0.25) is 0 Å². The normalized spacial score (nSPS) is 22.3. The lowest BCUT2D eigenvalue weighted by Crippen LogP contribution is -2.45. The summed E-state index contributed by atoms with van der Waals surface area (Å²) in [4.78, 5) is 14.2. The summed E-state index contributed by atoms with van der Waals surface area (Å²) in [6.45, 7) is 7.18. The second kappa shape index (κ2) is 8.04. The van der Waals surface area contributed by atoms with Crippen molar-refractivity contribution in [2.24, 2.45) is 0 Å². The average Bonchev–Trinajstić information content (AvgIpc) is 3.19. The van der Waals surface area contributed by atoms with Gasteiger partial charge < -0.3 is 4.74 Å². The Labute approximate surface area is 149 Å². The molecule has 1 aromatic heterocycles. The fraction of sp³-hybridized carbons (Fsp3) is 0.500. The van der Waals surface area contributed by atoms with Crippen molar-refractivity contribution in [1.82, 2.24) is 19.8 Å². The zero-order chi connectivity index (χ0) is 16.9. The van der Waals surface area contributed by atoms with E-state index in [4.69, 9.17) is 9.72 Å². The second-order valence-electron chi connectivity index (χ2n) is 6.95. The Morgan fingerprint density at radius 2 is 1.72 bits per heavy atom. The van der Waals surface area contributed by atoms with Gasteiger partial charge in [-0.2, -0.15) is 0 Å². The van der Waals surface area contributed by atoms with Gasteiger partial charge >= 0.3 is 0 Å². The van der Waals surface area contributed by atoms with Gasteiger partial charge in [0.15, 0.2) is 5.82 Å². The molecule has 0 saturated carbocycles. The summed E-state index contributed by atoms with van der Waals surface area (Å²) in [7, 11) is 0. The molecule has 132 valence electrons. The van der Waals surface area contributed by atoms with Gasteiger partial charge in [-0.15, -0.1) is 0 Å². The van der Waals surface area contributed by atoms with E-state index in [-0.39, 0.29) is 6.10 Å². The van der Waals surface area contributed by atoms with Crippen LogP contribution in [0.15, 0.2) is 42.6 Å². The molecular weight excluding hydrogens is 312 g/mol. The Bertz CT molecular complexity index is 664. The first-order valence-electron chi connectivity index (χ1n) is 9.29. The van der Waals surface area contributed by atoms with E-state index in [2.05, 4.69) is 45.1 Å². The van der Waals surface area contributed by atoms with Gasteiger partial charge in [0.1, 0.15) is 6.10 Å². The van der Waals surface area contributed by atoms with Crippen LogP contribution in [0.4, 0.5) is 0 Å². The topological polar surface area (TPSA) is 41.5 Å². The predicted molar refractivity (Wildman–Crippen MR) is 97.0 cm³/mol. The molecule has 0 N–H and O–H groups in total. The van der Waals surface area contributed by atoms with E-state index in [0.717, 1.165) is 70.2 Å². The molecule has 0 unspecified atom stereocenters. The molecule has 25 heavy (non-hydrogen) atoms. The van der Waals surface area contributed by atoms with E-state index in [1.54, 1.807) is 0 Å². The first-order valence-corrected chi connectivity index (χ1v) is 9.29. The van der Waals surface area contributed by atoms with Crippen LogP contribution in [0, 0.1) is 0 Å². The van der Waals surface area contributed by atoms with Gasteiger partial charge in [-0.25, -0.2) is 9.97 Å². The van der Waals surface area contributed by atoms with Crippen molar-refractivity contribution in [2.45, 2.75) is 32.0 Å². The lowest BCUT2D eigenvalue weighted by molar-refractivity contribution is 0.103. The molecule has 2 aromatic rings. The van der Waals surface area contributed by atoms with Crippen LogP contribution in [-0.4, -0.2) is 52.6 Å². The van der Waals surface area contributed by atoms with E-state index in [1.807, 2.05) is 12.3 Å². The highest BCUT2D eigenvalue weighted by atomic mass is 16.5. The molecule has 0 radical (unpaired) electrons. The van der Waals surface area contributed by atoms with E-state index in [1.165, 1.54) is 5.56 Å². The third-order valence-corrected chi connectivity index (χ3v) is 5.05. The monoisotopic (exact) mass is 338 g/mol. The Morgan fingerprint density at radius 1 is 0.960 bits per heavy atom. The van der Waals surface area contributed by atoms with Crippen LogP contribution in [0.3, 0.4) is 0 Å². The SMILES string of the molecule is c1ccc(CN2CCN(Cc3ccnc([C@@H]4CCCO4)n3)CC2)cc1. The van der Waals surface area contributed by atoms with Crippen LogP contribution in [0.1, 0.15) is 36.0 Å². The average molecular weight is 338 g/mol. The molecule has 0 amide bonds. The number of hydrogen-bond acceptors (Lipinski definition) is 5. The zero-order valence-electron chi connectivity index (χ0n) is 14.7. The summed E-state index contributed by atoms with van der Waals surface area (Å²) in [5, 5.41) is 0. The largest absolute Gasteiger partial charge is 0.370 e. The summed E-state index contributed by atoms with van der Waals surface area (Å²) < 4.78 is 5.71. The molecular formula is C20H26N4O. The first kappa shape index (κ1) is 16.6. The van der Waals surface area contributed by atoms with Crippen molar-refractivity contribution in [1.29, 1.82) is 0 Å². The van der Waals surface area contributed by atoms with Crippen molar-refractivity contribution < 1.29 is 4.74 Å². The second-order valence-corrected chi connectivity index (χ2v) is 6.95. The fourth-order valence-electron chi connectivity index (χ4n) is 3.61. The zero-order valence-corrected chi connectivity index (χ0v) is 14.7. The van der Waals surface area contributed by atoms with E-state index < -0.39 is 0 Å². The van der Waals surface area contributed by atoms with Gasteiger partial charge in [0.05, 0.1) is 5.69 Å². The third kappa shape index (κ3) is 4.42. The summed E-state index contributed by atoms with van der Waals surface area (Å²) >= 11 is 0. The molecule has 0 aliphatic carbocycles. The van der Waals surface area contributed by atoms with Gasteiger partial charge in [0.25, 0.3) is 0 Å². The number of hydrogen-bond donors (Lipinski definition) is 0. The molecule has 0 spiro atoms. The van der Waals surface area contributed by atoms with Crippen LogP contribution >= 0.6 is 0 Å². The molecule has 2 saturated heterocycles. The van der Waals surface area contributed by atoms with Gasteiger partial charge in [0.2, 0.25) is 0 Å². The van der Waals surface area contributed by atoms with Crippen molar-refractivity contribution in [2.75, 3.05) is 32.8 Å². The maximum Gasteiger partial charge on any atom is 0.157 e. The predicted octanol–water partition coefficient (Wildman–Crippen LogP) is 2.65. The lowest BCUT2D eigenvalue weighted by Gasteiger charge is -2.34. The minimum Gasteiger partial charge on any atom is -0.370 e. The highest BCUT2D eigenvalue weighted by molar-refractivity contribution is 5.14. The van der Waals surface area contributed by atoms with Crippen LogP contribution in [0.5, 0.6) is 0 Å². The van der Waals surface area contributed by atoms with Crippen molar-refractivity contribution in [3.63, 3.8) is 0 Å². The molecule has 1 atom stereocenters.